The van der Waals surface area contributed by atoms with Gasteiger partial charge in [-0.1, -0.05) is 60.7 Å². The molecule has 1 aromatic heterocycles. The Morgan fingerprint density at radius 3 is 1.96 bits per heavy atom. The van der Waals surface area contributed by atoms with Gasteiger partial charge >= 0.3 is 0 Å². The van der Waals surface area contributed by atoms with Crippen LogP contribution in [0.3, 0.4) is 0 Å². The van der Waals surface area contributed by atoms with Gasteiger partial charge in [-0.25, -0.2) is 0 Å². The van der Waals surface area contributed by atoms with E-state index in [0.717, 1.165) is 11.1 Å². The van der Waals surface area contributed by atoms with E-state index in [2.05, 4.69) is 16.2 Å². The van der Waals surface area contributed by atoms with Gasteiger partial charge in [0.05, 0.1) is 18.2 Å². The lowest BCUT2D eigenvalue weighted by Gasteiger charge is -2.19. The summed E-state index contributed by atoms with van der Waals surface area (Å²) in [6, 6.07) is 21.3. The van der Waals surface area contributed by atoms with Gasteiger partial charge in [-0.05, 0) is 31.0 Å². The van der Waals surface area contributed by atoms with Crippen LogP contribution in [-0.2, 0) is 4.79 Å². The molecule has 0 aliphatic rings. The van der Waals surface area contributed by atoms with Crippen molar-refractivity contribution in [3.05, 3.63) is 94.9 Å². The average Bonchev–Trinajstić information content (AvgIpc) is 3.06. The van der Waals surface area contributed by atoms with Gasteiger partial charge in [0.25, 0.3) is 11.8 Å². The fraction of sp³-hybridized carbons (Fsp3) is 0.182. The number of nitrogens with one attached hydrogen (secondary N) is 3. The molecule has 0 saturated heterocycles. The molecule has 0 unspecified atom stereocenters. The normalized spacial score (nSPS) is 10.7. The van der Waals surface area contributed by atoms with Crippen molar-refractivity contribution >= 4 is 11.8 Å². The lowest BCUT2D eigenvalue weighted by Crippen LogP contribution is -2.46. The van der Waals surface area contributed by atoms with Gasteiger partial charge in [0.15, 0.2) is 0 Å². The summed E-state index contributed by atoms with van der Waals surface area (Å²) in [7, 11) is 0. The number of carbonyl (C=O) groups excluding carboxylic acids is 2. The maximum absolute atomic E-state index is 12.2. The second kappa shape index (κ2) is 9.01. The predicted octanol–water partition coefficient (Wildman–Crippen LogP) is 3.04. The third-order valence-electron chi connectivity index (χ3n) is 4.33. The standard InChI is InChI=1S/C22H23N3O3/c1-15-13-19(16(2)28-15)22(27)25-24-20(26)14-23-21(17-9-5-3-6-10-17)18-11-7-4-8-12-18/h3-13,21,23H,14H2,1-2H3,(H,24,26)(H,25,27). The molecule has 0 fully saturated rings. The fourth-order valence-electron chi connectivity index (χ4n) is 3.01. The molecule has 144 valence electrons. The van der Waals surface area contributed by atoms with E-state index in [4.69, 9.17) is 4.42 Å². The lowest BCUT2D eigenvalue weighted by atomic mass is 9.99. The van der Waals surface area contributed by atoms with E-state index < -0.39 is 5.91 Å². The minimum absolute atomic E-state index is 0.0398. The zero-order valence-corrected chi connectivity index (χ0v) is 15.9. The van der Waals surface area contributed by atoms with Crippen molar-refractivity contribution in [3.63, 3.8) is 0 Å². The number of hydrazine groups is 1. The Hall–Kier alpha value is -3.38. The first-order valence-electron chi connectivity index (χ1n) is 9.04. The summed E-state index contributed by atoms with van der Waals surface area (Å²) in [4.78, 5) is 24.4. The molecule has 28 heavy (non-hydrogen) atoms. The van der Waals surface area contributed by atoms with E-state index in [0.29, 0.717) is 17.1 Å². The van der Waals surface area contributed by atoms with Crippen LogP contribution >= 0.6 is 0 Å². The minimum atomic E-state index is -0.412. The molecule has 0 aliphatic heterocycles. The largest absolute Gasteiger partial charge is 0.466 e. The first-order chi connectivity index (χ1) is 13.5. The molecular formula is C22H23N3O3. The van der Waals surface area contributed by atoms with Gasteiger partial charge in [-0.3, -0.25) is 25.8 Å². The molecule has 6 heteroatoms. The van der Waals surface area contributed by atoms with Crippen LogP contribution in [0.15, 0.2) is 71.1 Å². The third-order valence-corrected chi connectivity index (χ3v) is 4.33. The molecule has 0 bridgehead atoms. The highest BCUT2D eigenvalue weighted by molar-refractivity contribution is 5.96. The monoisotopic (exact) mass is 377 g/mol. The van der Waals surface area contributed by atoms with Crippen LogP contribution in [0, 0.1) is 13.8 Å². The molecule has 3 rings (SSSR count). The zero-order valence-electron chi connectivity index (χ0n) is 15.9. The Bertz CT molecular complexity index is 897. The Kier molecular flexibility index (Phi) is 6.24. The minimum Gasteiger partial charge on any atom is -0.466 e. The van der Waals surface area contributed by atoms with Crippen molar-refractivity contribution in [2.75, 3.05) is 6.54 Å². The van der Waals surface area contributed by atoms with Crippen molar-refractivity contribution in [3.8, 4) is 0 Å². The highest BCUT2D eigenvalue weighted by atomic mass is 16.3. The summed E-state index contributed by atoms with van der Waals surface area (Å²) >= 11 is 0. The van der Waals surface area contributed by atoms with Crippen molar-refractivity contribution in [1.29, 1.82) is 0 Å². The Balaban J connectivity index is 1.59. The maximum atomic E-state index is 12.2. The van der Waals surface area contributed by atoms with Crippen LogP contribution in [0.5, 0.6) is 0 Å². The SMILES string of the molecule is Cc1cc(C(=O)NNC(=O)CNC(c2ccccc2)c2ccccc2)c(C)o1. The first kappa shape index (κ1) is 19.4. The highest BCUT2D eigenvalue weighted by Crippen LogP contribution is 2.21. The van der Waals surface area contributed by atoms with Crippen molar-refractivity contribution in [2.24, 2.45) is 0 Å². The smallest absolute Gasteiger partial charge is 0.273 e. The molecule has 0 spiro atoms. The molecular weight excluding hydrogens is 354 g/mol. The summed E-state index contributed by atoms with van der Waals surface area (Å²) in [5.41, 5.74) is 7.35. The van der Waals surface area contributed by atoms with Gasteiger partial charge in [-0.2, -0.15) is 0 Å². The van der Waals surface area contributed by atoms with E-state index >= 15 is 0 Å². The number of furan rings is 1. The summed E-state index contributed by atoms with van der Waals surface area (Å²) < 4.78 is 5.33. The summed E-state index contributed by atoms with van der Waals surface area (Å²) in [6.07, 6.45) is 0. The Morgan fingerprint density at radius 2 is 1.46 bits per heavy atom. The topological polar surface area (TPSA) is 83.4 Å². The van der Waals surface area contributed by atoms with E-state index in [1.165, 1.54) is 0 Å². The van der Waals surface area contributed by atoms with E-state index in [9.17, 15) is 9.59 Å². The summed E-state index contributed by atoms with van der Waals surface area (Å²) in [6.45, 7) is 3.51. The number of benzene rings is 2. The van der Waals surface area contributed by atoms with E-state index in [1.807, 2.05) is 60.7 Å². The second-order valence-electron chi connectivity index (χ2n) is 6.46. The Morgan fingerprint density at radius 1 is 0.893 bits per heavy atom. The maximum Gasteiger partial charge on any atom is 0.273 e. The molecule has 0 radical (unpaired) electrons. The molecule has 2 amide bonds. The summed E-state index contributed by atoms with van der Waals surface area (Å²) in [5, 5.41) is 3.25. The van der Waals surface area contributed by atoms with E-state index in [1.54, 1.807) is 19.9 Å². The second-order valence-corrected chi connectivity index (χ2v) is 6.46. The van der Waals surface area contributed by atoms with Crippen LogP contribution in [0.2, 0.25) is 0 Å². The molecule has 2 aromatic carbocycles. The Labute approximate surface area is 163 Å². The molecule has 0 saturated carbocycles. The molecule has 3 N–H and O–H groups in total. The van der Waals surface area contributed by atoms with Crippen LogP contribution in [0.4, 0.5) is 0 Å². The van der Waals surface area contributed by atoms with Crippen LogP contribution in [0.25, 0.3) is 0 Å². The van der Waals surface area contributed by atoms with Crippen molar-refractivity contribution in [2.45, 2.75) is 19.9 Å². The number of hydrogen-bond donors (Lipinski definition) is 3. The molecule has 0 atom stereocenters. The van der Waals surface area contributed by atoms with Gasteiger partial charge in [-0.15, -0.1) is 0 Å². The number of aryl methyl sites for hydroxylation is 2. The van der Waals surface area contributed by atoms with Crippen molar-refractivity contribution in [1.82, 2.24) is 16.2 Å². The molecule has 3 aromatic rings. The molecule has 6 nitrogen and oxygen atoms in total. The van der Waals surface area contributed by atoms with Gasteiger partial charge in [0.1, 0.15) is 11.5 Å². The van der Waals surface area contributed by atoms with Crippen molar-refractivity contribution < 1.29 is 14.0 Å². The zero-order chi connectivity index (χ0) is 19.9. The lowest BCUT2D eigenvalue weighted by molar-refractivity contribution is -0.121. The van der Waals surface area contributed by atoms with Crippen LogP contribution in [-0.4, -0.2) is 18.4 Å². The number of amides is 2. The van der Waals surface area contributed by atoms with Gasteiger partial charge < -0.3 is 4.42 Å². The number of rotatable bonds is 6. The first-order valence-corrected chi connectivity index (χ1v) is 9.04. The third kappa shape index (κ3) is 4.86. The fourth-order valence-corrected chi connectivity index (χ4v) is 3.01. The number of hydrogen-bond acceptors (Lipinski definition) is 4. The van der Waals surface area contributed by atoms with Gasteiger partial charge in [0, 0.05) is 0 Å². The molecule has 0 aliphatic carbocycles. The van der Waals surface area contributed by atoms with Crippen LogP contribution < -0.4 is 16.2 Å². The van der Waals surface area contributed by atoms with Crippen LogP contribution in [0.1, 0.15) is 39.0 Å². The molecule has 1 heterocycles. The number of carbonyl (C=O) groups is 2. The highest BCUT2D eigenvalue weighted by Gasteiger charge is 2.16. The van der Waals surface area contributed by atoms with Gasteiger partial charge in [0.2, 0.25) is 0 Å². The predicted molar refractivity (Wildman–Crippen MR) is 107 cm³/mol. The quantitative estimate of drug-likeness (QED) is 0.577. The van der Waals surface area contributed by atoms with E-state index in [-0.39, 0.29) is 18.5 Å². The summed E-state index contributed by atoms with van der Waals surface area (Å²) in [5.74, 6) is 0.397. The average molecular weight is 377 g/mol.